The maximum absolute atomic E-state index is 12.8. The van der Waals surface area contributed by atoms with Gasteiger partial charge in [-0.3, -0.25) is 10.1 Å². The van der Waals surface area contributed by atoms with Gasteiger partial charge in [-0.2, -0.15) is 0 Å². The normalized spacial score (nSPS) is 25.6. The molecule has 1 aliphatic rings. The van der Waals surface area contributed by atoms with Crippen molar-refractivity contribution in [3.8, 4) is 0 Å². The molecule has 1 saturated heterocycles. The molecule has 0 aromatic rings. The third-order valence-electron chi connectivity index (χ3n) is 4.76. The Labute approximate surface area is 125 Å². The van der Waals surface area contributed by atoms with Crippen LogP contribution in [0.5, 0.6) is 0 Å². The Bertz CT molecular complexity index is 325. The Kier molecular flexibility index (Phi) is 6.06. The van der Waals surface area contributed by atoms with Crippen LogP contribution in [0.3, 0.4) is 0 Å². The molecule has 0 aromatic heterocycles. The molecule has 0 saturated carbocycles. The van der Waals surface area contributed by atoms with E-state index in [2.05, 4.69) is 58.7 Å². The maximum atomic E-state index is 12.8. The van der Waals surface area contributed by atoms with Gasteiger partial charge in [-0.1, -0.05) is 54.9 Å². The van der Waals surface area contributed by atoms with Crippen molar-refractivity contribution in [3.05, 3.63) is 0 Å². The van der Waals surface area contributed by atoms with Crippen LogP contribution in [0, 0.1) is 17.3 Å². The van der Waals surface area contributed by atoms with Crippen LogP contribution in [0.2, 0.25) is 0 Å². The summed E-state index contributed by atoms with van der Waals surface area (Å²) in [6.45, 7) is 16.4. The Hall–Kier alpha value is -0.570. The summed E-state index contributed by atoms with van der Waals surface area (Å²) in [5.74, 6) is 1.32. The van der Waals surface area contributed by atoms with E-state index in [0.29, 0.717) is 17.7 Å². The number of carbonyl (C=O) groups is 1. The lowest BCUT2D eigenvalue weighted by atomic mass is 9.89. The van der Waals surface area contributed by atoms with Crippen molar-refractivity contribution < 1.29 is 4.79 Å². The predicted octanol–water partition coefficient (Wildman–Crippen LogP) is 3.64. The summed E-state index contributed by atoms with van der Waals surface area (Å²) in [6.07, 6.45) is 3.40. The summed E-state index contributed by atoms with van der Waals surface area (Å²) in [4.78, 5) is 14.9. The average Bonchev–Trinajstić information content (AvgIpc) is 2.65. The monoisotopic (exact) mass is 282 g/mol. The first-order valence-corrected chi connectivity index (χ1v) is 8.28. The molecule has 3 unspecified atom stereocenters. The molecule has 0 bridgehead atoms. The van der Waals surface area contributed by atoms with Crippen LogP contribution in [0.15, 0.2) is 0 Å². The van der Waals surface area contributed by atoms with Gasteiger partial charge < -0.3 is 4.90 Å². The summed E-state index contributed by atoms with van der Waals surface area (Å²) < 4.78 is 0. The molecule has 1 amide bonds. The highest BCUT2D eigenvalue weighted by molar-refractivity contribution is 5.84. The molecule has 118 valence electrons. The van der Waals surface area contributed by atoms with Gasteiger partial charge in [0, 0.05) is 6.54 Å². The highest BCUT2D eigenvalue weighted by Gasteiger charge is 2.42. The molecule has 0 aliphatic carbocycles. The van der Waals surface area contributed by atoms with Crippen LogP contribution in [0.4, 0.5) is 0 Å². The van der Waals surface area contributed by atoms with E-state index in [-0.39, 0.29) is 17.6 Å². The Morgan fingerprint density at radius 2 is 1.85 bits per heavy atom. The molecule has 0 spiro atoms. The second-order valence-electron chi connectivity index (χ2n) is 7.66. The van der Waals surface area contributed by atoms with Gasteiger partial charge in [0.1, 0.15) is 0 Å². The first kappa shape index (κ1) is 17.5. The molecule has 3 nitrogen and oxygen atoms in total. The third-order valence-corrected chi connectivity index (χ3v) is 4.76. The number of amides is 1. The van der Waals surface area contributed by atoms with E-state index in [4.69, 9.17) is 0 Å². The van der Waals surface area contributed by atoms with Gasteiger partial charge in [0.15, 0.2) is 0 Å². The summed E-state index contributed by atoms with van der Waals surface area (Å²) in [5, 5.41) is 3.60. The van der Waals surface area contributed by atoms with Crippen molar-refractivity contribution >= 4 is 5.91 Å². The van der Waals surface area contributed by atoms with Gasteiger partial charge in [0.25, 0.3) is 0 Å². The second-order valence-corrected chi connectivity index (χ2v) is 7.66. The smallest absolute Gasteiger partial charge is 0.241 e. The predicted molar refractivity (Wildman–Crippen MR) is 85.4 cm³/mol. The fourth-order valence-electron chi connectivity index (χ4n) is 2.75. The number of hydrogen-bond acceptors (Lipinski definition) is 2. The van der Waals surface area contributed by atoms with Gasteiger partial charge in [0.05, 0.1) is 12.2 Å². The van der Waals surface area contributed by atoms with E-state index in [9.17, 15) is 4.79 Å². The lowest BCUT2D eigenvalue weighted by Crippen LogP contribution is -2.43. The van der Waals surface area contributed by atoms with Crippen LogP contribution < -0.4 is 5.32 Å². The van der Waals surface area contributed by atoms with E-state index < -0.39 is 0 Å². The molecule has 1 fully saturated rings. The van der Waals surface area contributed by atoms with E-state index >= 15 is 0 Å². The van der Waals surface area contributed by atoms with Crippen molar-refractivity contribution in [2.45, 2.75) is 79.9 Å². The highest BCUT2D eigenvalue weighted by Crippen LogP contribution is 2.28. The fraction of sp³-hybridized carbons (Fsp3) is 0.941. The van der Waals surface area contributed by atoms with E-state index in [1.165, 1.54) is 0 Å². The van der Waals surface area contributed by atoms with Crippen LogP contribution in [-0.2, 0) is 4.79 Å². The molecular formula is C17H34N2O. The van der Waals surface area contributed by atoms with Crippen molar-refractivity contribution in [1.82, 2.24) is 10.2 Å². The zero-order valence-corrected chi connectivity index (χ0v) is 14.5. The number of carbonyl (C=O) groups excluding carboxylic acids is 1. The summed E-state index contributed by atoms with van der Waals surface area (Å²) in [5.41, 5.74) is 0.191. The minimum Gasteiger partial charge on any atom is -0.325 e. The molecule has 3 atom stereocenters. The Morgan fingerprint density at radius 1 is 1.25 bits per heavy atom. The minimum atomic E-state index is 0.0106. The fourth-order valence-corrected chi connectivity index (χ4v) is 2.75. The van der Waals surface area contributed by atoms with Crippen molar-refractivity contribution in [3.63, 3.8) is 0 Å². The Morgan fingerprint density at radius 3 is 2.30 bits per heavy atom. The second kappa shape index (κ2) is 6.93. The summed E-state index contributed by atoms with van der Waals surface area (Å²) in [6, 6.07) is 0.0106. The topological polar surface area (TPSA) is 32.3 Å². The van der Waals surface area contributed by atoms with E-state index in [0.717, 1.165) is 25.8 Å². The van der Waals surface area contributed by atoms with Gasteiger partial charge in [-0.15, -0.1) is 0 Å². The van der Waals surface area contributed by atoms with Crippen molar-refractivity contribution in [2.75, 3.05) is 6.54 Å². The standard InChI is InChI=1S/C17H34N2O/c1-8-13(5)15-16(20)19(11-17(6,7)9-2)14(18-15)10-12(3)4/h12-15,18H,8-11H2,1-7H3. The zero-order chi connectivity index (χ0) is 15.5. The van der Waals surface area contributed by atoms with Crippen molar-refractivity contribution in [2.24, 2.45) is 17.3 Å². The molecule has 1 aliphatic heterocycles. The quantitative estimate of drug-likeness (QED) is 0.773. The zero-order valence-electron chi connectivity index (χ0n) is 14.5. The number of nitrogens with one attached hydrogen (secondary N) is 1. The largest absolute Gasteiger partial charge is 0.325 e. The Balaban J connectivity index is 2.87. The molecule has 1 N–H and O–H groups in total. The summed E-state index contributed by atoms with van der Waals surface area (Å²) >= 11 is 0. The lowest BCUT2D eigenvalue weighted by Gasteiger charge is -2.33. The van der Waals surface area contributed by atoms with E-state index in [1.54, 1.807) is 0 Å². The molecular weight excluding hydrogens is 248 g/mol. The van der Waals surface area contributed by atoms with Gasteiger partial charge in [-0.25, -0.2) is 0 Å². The van der Waals surface area contributed by atoms with E-state index in [1.807, 2.05) is 0 Å². The molecule has 20 heavy (non-hydrogen) atoms. The summed E-state index contributed by atoms with van der Waals surface area (Å²) in [7, 11) is 0. The first-order valence-electron chi connectivity index (χ1n) is 8.28. The molecule has 0 radical (unpaired) electrons. The molecule has 1 rings (SSSR count). The van der Waals surface area contributed by atoms with Crippen molar-refractivity contribution in [1.29, 1.82) is 0 Å². The van der Waals surface area contributed by atoms with Crippen LogP contribution in [0.1, 0.15) is 67.7 Å². The number of nitrogens with zero attached hydrogens (tertiary/aromatic N) is 1. The van der Waals surface area contributed by atoms with Gasteiger partial charge >= 0.3 is 0 Å². The highest BCUT2D eigenvalue weighted by atomic mass is 16.2. The number of rotatable bonds is 7. The molecule has 1 heterocycles. The number of hydrogen-bond donors (Lipinski definition) is 1. The first-order chi connectivity index (χ1) is 9.21. The SMILES string of the molecule is CCC(C)C1NC(CC(C)C)N(CC(C)(C)CC)C1=O. The maximum Gasteiger partial charge on any atom is 0.241 e. The third kappa shape index (κ3) is 4.21. The lowest BCUT2D eigenvalue weighted by molar-refractivity contribution is -0.132. The average molecular weight is 282 g/mol. The van der Waals surface area contributed by atoms with Crippen LogP contribution >= 0.6 is 0 Å². The van der Waals surface area contributed by atoms with Gasteiger partial charge in [-0.05, 0) is 30.1 Å². The van der Waals surface area contributed by atoms with Crippen LogP contribution in [-0.4, -0.2) is 29.6 Å². The minimum absolute atomic E-state index is 0.0106. The van der Waals surface area contributed by atoms with Gasteiger partial charge in [0.2, 0.25) is 5.91 Å². The van der Waals surface area contributed by atoms with Crippen LogP contribution in [0.25, 0.3) is 0 Å². The molecule has 0 aromatic carbocycles. The molecule has 3 heteroatoms.